The van der Waals surface area contributed by atoms with Crippen molar-refractivity contribution >= 4 is 35.7 Å². The van der Waals surface area contributed by atoms with E-state index in [1.54, 1.807) is 12.4 Å². The van der Waals surface area contributed by atoms with Crippen molar-refractivity contribution in [2.45, 2.75) is 13.8 Å². The van der Waals surface area contributed by atoms with E-state index in [2.05, 4.69) is 24.3 Å². The number of rotatable bonds is 8. The summed E-state index contributed by atoms with van der Waals surface area (Å²) in [4.78, 5) is 27.3. The molecule has 0 unspecified atom stereocenters. The van der Waals surface area contributed by atoms with Crippen molar-refractivity contribution in [1.82, 2.24) is 0 Å². The zero-order valence-electron chi connectivity index (χ0n) is 31.1. The molecule has 0 aliphatic rings. The SMILES string of the molecule is CC(=O)[O-].CC(=O)[O-].Oc1c(C=Nc2cccc(N=Cc3cc(-c4ccccc4)cc(-c4ccccc4)c3O)c2)cc(-c2ccccc2)cc1-c1ccccc1.[Co+2]. The Morgan fingerprint density at radius 2 is 0.737 bits per heavy atom. The molecule has 0 aromatic heterocycles. The molecule has 0 spiro atoms. The molecule has 7 aromatic rings. The van der Waals surface area contributed by atoms with Gasteiger partial charge < -0.3 is 30.0 Å². The predicted molar refractivity (Wildman–Crippen MR) is 220 cm³/mol. The van der Waals surface area contributed by atoms with Crippen molar-refractivity contribution < 1.29 is 46.8 Å². The van der Waals surface area contributed by atoms with Gasteiger partial charge in [0.1, 0.15) is 11.5 Å². The summed E-state index contributed by atoms with van der Waals surface area (Å²) in [5, 5.41) is 40.5. The third kappa shape index (κ3) is 12.5. The first-order chi connectivity index (χ1) is 27.1. The summed E-state index contributed by atoms with van der Waals surface area (Å²) in [5.74, 6) is -1.83. The molecular formula is C48H38CoN2O6. The summed E-state index contributed by atoms with van der Waals surface area (Å²) in [6, 6.07) is 55.4. The molecular weight excluding hydrogens is 759 g/mol. The number of aromatic hydroxyl groups is 2. The normalized spacial score (nSPS) is 10.4. The number of aliphatic carboxylic acids is 2. The van der Waals surface area contributed by atoms with Crippen molar-refractivity contribution in [1.29, 1.82) is 0 Å². The topological polar surface area (TPSA) is 145 Å². The average Bonchev–Trinajstić information content (AvgIpc) is 3.21. The van der Waals surface area contributed by atoms with Crippen LogP contribution in [0.25, 0.3) is 44.5 Å². The van der Waals surface area contributed by atoms with Crippen LogP contribution in [0.5, 0.6) is 11.5 Å². The van der Waals surface area contributed by atoms with Gasteiger partial charge in [0.15, 0.2) is 0 Å². The fraction of sp³-hybridized carbons (Fsp3) is 0.0417. The third-order valence-electron chi connectivity index (χ3n) is 8.20. The minimum atomic E-state index is -1.08. The zero-order valence-corrected chi connectivity index (χ0v) is 32.1. The van der Waals surface area contributed by atoms with E-state index in [0.29, 0.717) is 22.5 Å². The summed E-state index contributed by atoms with van der Waals surface area (Å²) < 4.78 is 0. The molecule has 7 aromatic carbocycles. The van der Waals surface area contributed by atoms with E-state index in [9.17, 15) is 10.2 Å². The van der Waals surface area contributed by atoms with Gasteiger partial charge in [-0.15, -0.1) is 0 Å². The van der Waals surface area contributed by atoms with Crippen molar-refractivity contribution in [2.24, 2.45) is 9.98 Å². The Kier molecular flexibility index (Phi) is 15.8. The van der Waals surface area contributed by atoms with Gasteiger partial charge in [-0.25, -0.2) is 0 Å². The maximum Gasteiger partial charge on any atom is 2.00 e. The maximum absolute atomic E-state index is 11.4. The van der Waals surface area contributed by atoms with Gasteiger partial charge in [0.2, 0.25) is 0 Å². The second-order valence-electron chi connectivity index (χ2n) is 12.4. The largest absolute Gasteiger partial charge is 2.00 e. The van der Waals surface area contributed by atoms with Gasteiger partial charge in [-0.05, 0) is 89.7 Å². The molecule has 0 bridgehead atoms. The standard InChI is InChI=1S/C44H32N2O2.2C2H4O2.Co/c47-43-37(24-35(31-14-5-1-6-15-31)26-41(43)33-18-9-3-10-19-33)29-45-39-22-13-23-40(28-39)46-30-38-25-36(32-16-7-2-8-17-32)27-42(44(38)48)34-20-11-4-12-21-34;2*1-2(3)4;/h1-30,47-48H;2*1H3,(H,3,4);/q;;;+2/p-2. The van der Waals surface area contributed by atoms with Crippen molar-refractivity contribution in [3.63, 3.8) is 0 Å². The minimum absolute atomic E-state index is 0. The number of phenols is 2. The molecule has 0 heterocycles. The molecule has 0 saturated heterocycles. The fourth-order valence-corrected chi connectivity index (χ4v) is 5.72. The Morgan fingerprint density at radius 3 is 1.05 bits per heavy atom. The Balaban J connectivity index is 0.000000734. The van der Waals surface area contributed by atoms with Crippen LogP contribution >= 0.6 is 0 Å². The summed E-state index contributed by atoms with van der Waals surface area (Å²) in [5.41, 5.74) is 9.99. The molecule has 7 rings (SSSR count). The Labute approximate surface area is 342 Å². The van der Waals surface area contributed by atoms with Crippen molar-refractivity contribution in [2.75, 3.05) is 0 Å². The van der Waals surface area contributed by atoms with Gasteiger partial charge in [0.05, 0.1) is 11.4 Å². The van der Waals surface area contributed by atoms with E-state index in [4.69, 9.17) is 29.8 Å². The van der Waals surface area contributed by atoms with Crippen LogP contribution in [0.3, 0.4) is 0 Å². The van der Waals surface area contributed by atoms with E-state index < -0.39 is 11.9 Å². The van der Waals surface area contributed by atoms with Crippen LogP contribution in [-0.4, -0.2) is 34.6 Å². The van der Waals surface area contributed by atoms with Gasteiger partial charge in [-0.3, -0.25) is 9.98 Å². The zero-order chi connectivity index (χ0) is 39.9. The monoisotopic (exact) mass is 797 g/mol. The smallest absolute Gasteiger partial charge is 0.550 e. The first-order valence-corrected chi connectivity index (χ1v) is 17.6. The molecule has 0 atom stereocenters. The Morgan fingerprint density at radius 1 is 0.439 bits per heavy atom. The number of hydrogen-bond acceptors (Lipinski definition) is 8. The van der Waals surface area contributed by atoms with Crippen LogP contribution in [0.15, 0.2) is 180 Å². The number of aliphatic imine (C=N–C) groups is 2. The summed E-state index contributed by atoms with van der Waals surface area (Å²) in [6.07, 6.45) is 3.39. The summed E-state index contributed by atoms with van der Waals surface area (Å²) in [6.45, 7) is 1.94. The average molecular weight is 798 g/mol. The van der Waals surface area contributed by atoms with E-state index in [0.717, 1.165) is 58.4 Å². The number of carbonyl (C=O) groups is 2. The number of hydrogen-bond donors (Lipinski definition) is 2. The van der Waals surface area contributed by atoms with Crippen LogP contribution in [0.1, 0.15) is 25.0 Å². The van der Waals surface area contributed by atoms with Crippen molar-refractivity contribution in [3.8, 4) is 56.0 Å². The second-order valence-corrected chi connectivity index (χ2v) is 12.4. The molecule has 0 amide bonds. The van der Waals surface area contributed by atoms with Gasteiger partial charge in [-0.1, -0.05) is 127 Å². The first kappa shape index (κ1) is 42.7. The quantitative estimate of drug-likeness (QED) is 0.147. The van der Waals surface area contributed by atoms with Gasteiger partial charge in [-0.2, -0.15) is 0 Å². The molecule has 0 aliphatic carbocycles. The van der Waals surface area contributed by atoms with Crippen LogP contribution < -0.4 is 10.2 Å². The van der Waals surface area contributed by atoms with Crippen LogP contribution in [-0.2, 0) is 26.4 Å². The van der Waals surface area contributed by atoms with E-state index in [1.807, 2.05) is 146 Å². The fourth-order valence-electron chi connectivity index (χ4n) is 5.72. The third-order valence-corrected chi connectivity index (χ3v) is 8.20. The summed E-state index contributed by atoms with van der Waals surface area (Å²) in [7, 11) is 0. The second kappa shape index (κ2) is 21.1. The van der Waals surface area contributed by atoms with E-state index in [-0.39, 0.29) is 28.3 Å². The number of nitrogens with zero attached hydrogens (tertiary/aromatic N) is 2. The van der Waals surface area contributed by atoms with Crippen LogP contribution in [0.4, 0.5) is 11.4 Å². The van der Waals surface area contributed by atoms with Gasteiger partial charge in [0.25, 0.3) is 0 Å². The summed E-state index contributed by atoms with van der Waals surface area (Å²) >= 11 is 0. The molecule has 8 nitrogen and oxygen atoms in total. The Bertz CT molecular complexity index is 2280. The molecule has 0 saturated carbocycles. The Hall–Kier alpha value is -7.07. The number of carbonyl (C=O) groups excluding carboxylic acids is 2. The number of carboxylic acids is 2. The predicted octanol–water partition coefficient (Wildman–Crippen LogP) is 8.78. The molecule has 0 fully saturated rings. The maximum atomic E-state index is 11.4. The molecule has 0 aliphatic heterocycles. The van der Waals surface area contributed by atoms with E-state index in [1.165, 1.54) is 0 Å². The van der Waals surface area contributed by atoms with Gasteiger partial charge >= 0.3 is 16.8 Å². The molecule has 2 N–H and O–H groups in total. The van der Waals surface area contributed by atoms with Crippen LogP contribution in [0, 0.1) is 0 Å². The number of carboxylic acid groups (broad SMARTS) is 2. The first-order valence-electron chi connectivity index (χ1n) is 17.6. The molecule has 57 heavy (non-hydrogen) atoms. The number of phenolic OH excluding ortho intramolecular Hbond substituents is 2. The van der Waals surface area contributed by atoms with Gasteiger partial charge in [0, 0.05) is 46.6 Å². The molecule has 1 radical (unpaired) electrons. The van der Waals surface area contributed by atoms with E-state index >= 15 is 0 Å². The van der Waals surface area contributed by atoms with Crippen LogP contribution in [0.2, 0.25) is 0 Å². The van der Waals surface area contributed by atoms with Crippen molar-refractivity contribution in [3.05, 3.63) is 181 Å². The molecule has 9 heteroatoms. The minimum Gasteiger partial charge on any atom is -0.550 e. The number of benzene rings is 7. The molecule has 285 valence electrons.